The molecule has 1 aliphatic heterocycles. The lowest BCUT2D eigenvalue weighted by Gasteiger charge is -2.27. The first kappa shape index (κ1) is 18.4. The van der Waals surface area contributed by atoms with E-state index in [9.17, 15) is 13.2 Å². The number of amides is 1. The largest absolute Gasteiger partial charge is 0.484 e. The maximum absolute atomic E-state index is 12.1. The van der Waals surface area contributed by atoms with Crippen molar-refractivity contribution in [3.05, 3.63) is 59.2 Å². The van der Waals surface area contributed by atoms with Gasteiger partial charge in [-0.05, 0) is 54.3 Å². The lowest BCUT2D eigenvalue weighted by molar-refractivity contribution is -0.118. The van der Waals surface area contributed by atoms with Crippen molar-refractivity contribution in [2.45, 2.75) is 19.9 Å². The molecule has 138 valence electrons. The zero-order valence-electron chi connectivity index (χ0n) is 14.9. The number of rotatable bonds is 5. The van der Waals surface area contributed by atoms with Crippen LogP contribution in [0.15, 0.2) is 42.5 Å². The number of anilines is 1. The molecule has 0 radical (unpaired) electrons. The normalized spacial score (nSPS) is 14.5. The molecule has 1 N–H and O–H groups in total. The van der Waals surface area contributed by atoms with Crippen LogP contribution < -0.4 is 10.1 Å². The van der Waals surface area contributed by atoms with Crippen molar-refractivity contribution >= 4 is 21.6 Å². The van der Waals surface area contributed by atoms with E-state index in [2.05, 4.69) is 5.32 Å². The van der Waals surface area contributed by atoms with E-state index >= 15 is 0 Å². The van der Waals surface area contributed by atoms with Crippen LogP contribution in [0.25, 0.3) is 0 Å². The Morgan fingerprint density at radius 1 is 1.19 bits per heavy atom. The molecule has 3 rings (SSSR count). The Labute approximate surface area is 153 Å². The van der Waals surface area contributed by atoms with Crippen molar-refractivity contribution in [1.29, 1.82) is 0 Å². The van der Waals surface area contributed by atoms with E-state index in [1.807, 2.05) is 43.3 Å². The maximum atomic E-state index is 12.1. The summed E-state index contributed by atoms with van der Waals surface area (Å²) in [4.78, 5) is 12.1. The Bertz CT molecular complexity index is 925. The van der Waals surface area contributed by atoms with Crippen LogP contribution in [0.4, 0.5) is 5.69 Å². The minimum absolute atomic E-state index is 0.0873. The van der Waals surface area contributed by atoms with Crippen molar-refractivity contribution in [3.63, 3.8) is 0 Å². The van der Waals surface area contributed by atoms with Gasteiger partial charge in [0.05, 0.1) is 6.26 Å². The Morgan fingerprint density at radius 2 is 2.00 bits per heavy atom. The summed E-state index contributed by atoms with van der Waals surface area (Å²) in [6.07, 6.45) is 1.89. The zero-order valence-corrected chi connectivity index (χ0v) is 15.7. The van der Waals surface area contributed by atoms with Crippen LogP contribution in [0.1, 0.15) is 16.7 Å². The van der Waals surface area contributed by atoms with Crippen LogP contribution in [0, 0.1) is 6.92 Å². The van der Waals surface area contributed by atoms with Gasteiger partial charge in [0.25, 0.3) is 5.91 Å². The fourth-order valence-corrected chi connectivity index (χ4v) is 3.74. The molecular weight excluding hydrogens is 352 g/mol. The third kappa shape index (κ3) is 4.62. The maximum Gasteiger partial charge on any atom is 0.262 e. The van der Waals surface area contributed by atoms with E-state index in [0.717, 1.165) is 16.7 Å². The van der Waals surface area contributed by atoms with Gasteiger partial charge in [-0.3, -0.25) is 4.79 Å². The van der Waals surface area contributed by atoms with Gasteiger partial charge in [0.15, 0.2) is 6.61 Å². The molecule has 0 bridgehead atoms. The van der Waals surface area contributed by atoms with E-state index in [1.165, 1.54) is 10.6 Å². The molecule has 6 nitrogen and oxygen atoms in total. The van der Waals surface area contributed by atoms with Gasteiger partial charge >= 0.3 is 0 Å². The Hall–Kier alpha value is -2.38. The van der Waals surface area contributed by atoms with Gasteiger partial charge in [-0.25, -0.2) is 8.42 Å². The molecule has 1 aliphatic rings. The van der Waals surface area contributed by atoms with Gasteiger partial charge < -0.3 is 10.1 Å². The van der Waals surface area contributed by atoms with Crippen LogP contribution in [-0.4, -0.2) is 38.0 Å². The second kappa shape index (κ2) is 7.47. The minimum atomic E-state index is -3.22. The highest BCUT2D eigenvalue weighted by atomic mass is 32.2. The van der Waals surface area contributed by atoms with E-state index in [-0.39, 0.29) is 12.5 Å². The average Bonchev–Trinajstić information content (AvgIpc) is 2.59. The number of hydrogen-bond acceptors (Lipinski definition) is 4. The van der Waals surface area contributed by atoms with Gasteiger partial charge in [-0.2, -0.15) is 4.31 Å². The summed E-state index contributed by atoms with van der Waals surface area (Å²) in [6, 6.07) is 13.1. The monoisotopic (exact) mass is 374 g/mol. The standard InChI is InChI=1S/C19H22N2O4S/c1-14-4-3-5-18(10-14)25-13-19(22)20-17-7-6-15-8-9-21(26(2,23)24)12-16(15)11-17/h3-7,10-11H,8-9,12-13H2,1-2H3,(H,20,22). The molecule has 1 heterocycles. The lowest BCUT2D eigenvalue weighted by Crippen LogP contribution is -2.35. The predicted molar refractivity (Wildman–Crippen MR) is 101 cm³/mol. The van der Waals surface area contributed by atoms with Crippen LogP contribution >= 0.6 is 0 Å². The fourth-order valence-electron chi connectivity index (χ4n) is 2.94. The van der Waals surface area contributed by atoms with Gasteiger partial charge in [0, 0.05) is 18.8 Å². The molecule has 7 heteroatoms. The van der Waals surface area contributed by atoms with Crippen LogP contribution in [0.5, 0.6) is 5.75 Å². The molecule has 0 unspecified atom stereocenters. The number of carbonyl (C=O) groups excluding carboxylic acids is 1. The smallest absolute Gasteiger partial charge is 0.262 e. The molecule has 0 aromatic heterocycles. The summed E-state index contributed by atoms with van der Waals surface area (Å²) in [6.45, 7) is 2.69. The molecule has 26 heavy (non-hydrogen) atoms. The summed E-state index contributed by atoms with van der Waals surface area (Å²) in [5.41, 5.74) is 3.72. The van der Waals surface area contributed by atoms with Gasteiger partial charge in [0.1, 0.15) is 5.75 Å². The van der Waals surface area contributed by atoms with Crippen molar-refractivity contribution in [1.82, 2.24) is 4.31 Å². The lowest BCUT2D eigenvalue weighted by atomic mass is 10.0. The topological polar surface area (TPSA) is 75.7 Å². The van der Waals surface area contributed by atoms with E-state index < -0.39 is 10.0 Å². The molecule has 1 amide bonds. The van der Waals surface area contributed by atoms with Gasteiger partial charge in [-0.1, -0.05) is 18.2 Å². The molecular formula is C19H22N2O4S. The number of sulfonamides is 1. The number of nitrogens with one attached hydrogen (secondary N) is 1. The summed E-state index contributed by atoms with van der Waals surface area (Å²) >= 11 is 0. The van der Waals surface area contributed by atoms with E-state index in [0.29, 0.717) is 30.9 Å². The first-order valence-electron chi connectivity index (χ1n) is 8.37. The van der Waals surface area contributed by atoms with E-state index in [1.54, 1.807) is 6.07 Å². The molecule has 2 aromatic carbocycles. The highest BCUT2D eigenvalue weighted by Gasteiger charge is 2.23. The summed E-state index contributed by atoms with van der Waals surface area (Å²) in [7, 11) is -3.22. The fraction of sp³-hybridized carbons (Fsp3) is 0.316. The molecule has 0 atom stereocenters. The number of hydrogen-bond donors (Lipinski definition) is 1. The average molecular weight is 374 g/mol. The number of aryl methyl sites for hydroxylation is 1. The van der Waals surface area contributed by atoms with Gasteiger partial charge in [0.2, 0.25) is 10.0 Å². The second-order valence-electron chi connectivity index (χ2n) is 6.48. The molecule has 0 spiro atoms. The highest BCUT2D eigenvalue weighted by molar-refractivity contribution is 7.88. The van der Waals surface area contributed by atoms with Crippen molar-refractivity contribution in [3.8, 4) is 5.75 Å². The number of benzene rings is 2. The first-order valence-corrected chi connectivity index (χ1v) is 10.2. The first-order chi connectivity index (χ1) is 12.3. The predicted octanol–water partition coefficient (Wildman–Crippen LogP) is 2.33. The number of carbonyl (C=O) groups is 1. The number of fused-ring (bicyclic) bond motifs is 1. The highest BCUT2D eigenvalue weighted by Crippen LogP contribution is 2.24. The molecule has 0 aliphatic carbocycles. The number of ether oxygens (including phenoxy) is 1. The van der Waals surface area contributed by atoms with Crippen LogP contribution in [0.2, 0.25) is 0 Å². The van der Waals surface area contributed by atoms with Crippen molar-refractivity contribution in [2.75, 3.05) is 24.7 Å². The summed E-state index contributed by atoms with van der Waals surface area (Å²) in [5.74, 6) is 0.386. The Morgan fingerprint density at radius 3 is 2.73 bits per heavy atom. The summed E-state index contributed by atoms with van der Waals surface area (Å²) < 4.78 is 30.4. The zero-order chi connectivity index (χ0) is 18.7. The van der Waals surface area contributed by atoms with Crippen LogP contribution in [0.3, 0.4) is 0 Å². The second-order valence-corrected chi connectivity index (χ2v) is 8.47. The molecule has 0 fully saturated rings. The van der Waals surface area contributed by atoms with Crippen molar-refractivity contribution < 1.29 is 17.9 Å². The molecule has 2 aromatic rings. The van der Waals surface area contributed by atoms with Crippen molar-refractivity contribution in [2.24, 2.45) is 0 Å². The summed E-state index contributed by atoms with van der Waals surface area (Å²) in [5, 5.41) is 2.80. The SMILES string of the molecule is Cc1cccc(OCC(=O)Nc2ccc3c(c2)CN(S(C)(=O)=O)CC3)c1. The number of nitrogens with zero attached hydrogens (tertiary/aromatic N) is 1. The van der Waals surface area contributed by atoms with E-state index in [4.69, 9.17) is 4.74 Å². The Kier molecular flexibility index (Phi) is 5.29. The minimum Gasteiger partial charge on any atom is -0.484 e. The third-order valence-electron chi connectivity index (χ3n) is 4.30. The third-order valence-corrected chi connectivity index (χ3v) is 5.55. The quantitative estimate of drug-likeness (QED) is 0.872. The van der Waals surface area contributed by atoms with Crippen LogP contribution in [-0.2, 0) is 27.8 Å². The molecule has 0 saturated heterocycles. The molecule has 0 saturated carbocycles. The van der Waals surface area contributed by atoms with Gasteiger partial charge in [-0.15, -0.1) is 0 Å². The Balaban J connectivity index is 1.63.